The SMILES string of the molecule is C#CCN(C1=NCCN1)c1cccc(Cl)c1Cl. The number of hydrogen-bond donors (Lipinski definition) is 1. The topological polar surface area (TPSA) is 27.6 Å². The van der Waals surface area contributed by atoms with Crippen molar-refractivity contribution in [1.82, 2.24) is 5.32 Å². The predicted molar refractivity (Wildman–Crippen MR) is 72.9 cm³/mol. The first kappa shape index (κ1) is 12.1. The normalized spacial score (nSPS) is 13.8. The Hall–Kier alpha value is -1.37. The highest BCUT2D eigenvalue weighted by atomic mass is 35.5. The first-order chi connectivity index (χ1) is 8.24. The maximum absolute atomic E-state index is 6.18. The highest BCUT2D eigenvalue weighted by Gasteiger charge is 2.18. The molecule has 1 aromatic carbocycles. The summed E-state index contributed by atoms with van der Waals surface area (Å²) in [7, 11) is 0. The van der Waals surface area contributed by atoms with E-state index in [0.29, 0.717) is 16.6 Å². The van der Waals surface area contributed by atoms with Crippen LogP contribution in [0, 0.1) is 12.3 Å². The van der Waals surface area contributed by atoms with Gasteiger partial charge in [-0.25, -0.2) is 0 Å². The van der Waals surface area contributed by atoms with Gasteiger partial charge >= 0.3 is 0 Å². The lowest BCUT2D eigenvalue weighted by Crippen LogP contribution is -2.39. The molecule has 0 saturated carbocycles. The van der Waals surface area contributed by atoms with Crippen LogP contribution < -0.4 is 10.2 Å². The molecule has 0 unspecified atom stereocenters. The van der Waals surface area contributed by atoms with E-state index in [1.807, 2.05) is 17.0 Å². The number of nitrogens with zero attached hydrogens (tertiary/aromatic N) is 2. The fourth-order valence-corrected chi connectivity index (χ4v) is 2.03. The molecule has 0 saturated heterocycles. The van der Waals surface area contributed by atoms with Crippen molar-refractivity contribution in [1.29, 1.82) is 0 Å². The molecule has 2 rings (SSSR count). The number of aliphatic imine (C=N–C) groups is 1. The van der Waals surface area contributed by atoms with Gasteiger partial charge in [-0.05, 0) is 12.1 Å². The number of rotatable bonds is 2. The zero-order valence-corrected chi connectivity index (χ0v) is 10.6. The van der Waals surface area contributed by atoms with Crippen molar-refractivity contribution in [3.8, 4) is 12.3 Å². The van der Waals surface area contributed by atoms with E-state index in [0.717, 1.165) is 24.7 Å². The van der Waals surface area contributed by atoms with Gasteiger partial charge in [-0.3, -0.25) is 9.89 Å². The Bertz CT molecular complexity index is 491. The highest BCUT2D eigenvalue weighted by Crippen LogP contribution is 2.32. The second-order valence-electron chi connectivity index (χ2n) is 3.50. The number of terminal acetylenes is 1. The summed E-state index contributed by atoms with van der Waals surface area (Å²) in [6, 6.07) is 5.45. The van der Waals surface area contributed by atoms with Gasteiger partial charge in [0.1, 0.15) is 0 Å². The van der Waals surface area contributed by atoms with Crippen LogP contribution in [0.2, 0.25) is 10.0 Å². The molecule has 0 amide bonds. The Balaban J connectivity index is 2.39. The van der Waals surface area contributed by atoms with Gasteiger partial charge in [-0.2, -0.15) is 0 Å². The van der Waals surface area contributed by atoms with Crippen molar-refractivity contribution in [3.63, 3.8) is 0 Å². The fraction of sp³-hybridized carbons (Fsp3) is 0.250. The molecule has 3 nitrogen and oxygen atoms in total. The summed E-state index contributed by atoms with van der Waals surface area (Å²) in [4.78, 5) is 6.18. The number of halogens is 2. The van der Waals surface area contributed by atoms with Crippen LogP contribution >= 0.6 is 23.2 Å². The van der Waals surface area contributed by atoms with Crippen LogP contribution in [0.5, 0.6) is 0 Å². The number of hydrogen-bond acceptors (Lipinski definition) is 3. The van der Waals surface area contributed by atoms with Gasteiger partial charge in [0.15, 0.2) is 5.96 Å². The van der Waals surface area contributed by atoms with Gasteiger partial charge in [0.25, 0.3) is 0 Å². The van der Waals surface area contributed by atoms with Crippen LogP contribution in [0.1, 0.15) is 0 Å². The minimum atomic E-state index is 0.395. The molecule has 0 aliphatic carbocycles. The van der Waals surface area contributed by atoms with Crippen molar-refractivity contribution in [2.45, 2.75) is 0 Å². The summed E-state index contributed by atoms with van der Waals surface area (Å²) in [5.74, 6) is 3.34. The zero-order valence-electron chi connectivity index (χ0n) is 9.08. The van der Waals surface area contributed by atoms with Crippen LogP contribution in [0.4, 0.5) is 5.69 Å². The smallest absolute Gasteiger partial charge is 0.199 e. The van der Waals surface area contributed by atoms with Crippen molar-refractivity contribution in [2.75, 3.05) is 24.5 Å². The van der Waals surface area contributed by atoms with E-state index < -0.39 is 0 Å². The molecule has 1 aliphatic rings. The molecule has 1 N–H and O–H groups in total. The van der Waals surface area contributed by atoms with Crippen LogP contribution in [0.15, 0.2) is 23.2 Å². The fourth-order valence-electron chi connectivity index (χ4n) is 1.63. The van der Waals surface area contributed by atoms with E-state index in [9.17, 15) is 0 Å². The summed E-state index contributed by atoms with van der Waals surface area (Å²) in [6.45, 7) is 1.95. The summed E-state index contributed by atoms with van der Waals surface area (Å²) in [5.41, 5.74) is 0.769. The minimum Gasteiger partial charge on any atom is -0.354 e. The quantitative estimate of drug-likeness (QED) is 0.834. The molecule has 17 heavy (non-hydrogen) atoms. The van der Waals surface area contributed by atoms with Crippen LogP contribution in [0.3, 0.4) is 0 Å². The monoisotopic (exact) mass is 267 g/mol. The largest absolute Gasteiger partial charge is 0.354 e. The molecule has 0 fully saturated rings. The summed E-state index contributed by atoms with van der Waals surface area (Å²) < 4.78 is 0. The third-order valence-corrected chi connectivity index (χ3v) is 3.19. The zero-order chi connectivity index (χ0) is 12.3. The molecule has 0 atom stereocenters. The second-order valence-corrected chi connectivity index (χ2v) is 4.28. The maximum atomic E-state index is 6.18. The lowest BCUT2D eigenvalue weighted by Gasteiger charge is -2.23. The van der Waals surface area contributed by atoms with E-state index >= 15 is 0 Å². The maximum Gasteiger partial charge on any atom is 0.199 e. The Kier molecular flexibility index (Phi) is 3.78. The van der Waals surface area contributed by atoms with Crippen molar-refractivity contribution in [3.05, 3.63) is 28.2 Å². The lowest BCUT2D eigenvalue weighted by atomic mass is 10.3. The number of guanidine groups is 1. The molecule has 1 heterocycles. The molecule has 0 spiro atoms. The van der Waals surface area contributed by atoms with Gasteiger partial charge in [0, 0.05) is 6.54 Å². The van der Waals surface area contributed by atoms with Gasteiger partial charge in [0.05, 0.1) is 28.8 Å². The van der Waals surface area contributed by atoms with Gasteiger partial charge in [0.2, 0.25) is 0 Å². The predicted octanol–water partition coefficient (Wildman–Crippen LogP) is 2.39. The van der Waals surface area contributed by atoms with Crippen molar-refractivity contribution < 1.29 is 0 Å². The van der Waals surface area contributed by atoms with Crippen LogP contribution in [-0.4, -0.2) is 25.6 Å². The molecule has 5 heteroatoms. The molecule has 1 aromatic rings. The van der Waals surface area contributed by atoms with Gasteiger partial charge in [-0.15, -0.1) is 6.42 Å². The van der Waals surface area contributed by atoms with Crippen molar-refractivity contribution >= 4 is 34.8 Å². The van der Waals surface area contributed by atoms with E-state index in [4.69, 9.17) is 29.6 Å². The van der Waals surface area contributed by atoms with E-state index in [1.165, 1.54) is 0 Å². The van der Waals surface area contributed by atoms with Gasteiger partial charge in [-0.1, -0.05) is 35.2 Å². The standard InChI is InChI=1S/C12H11Cl2N3/c1-2-8-17(12-15-6-7-16-12)10-5-3-4-9(13)11(10)14/h1,3-5H,6-8H2,(H,15,16). The summed E-state index contributed by atoms with van der Waals surface area (Å²) >= 11 is 12.2. The average molecular weight is 268 g/mol. The van der Waals surface area contributed by atoms with Crippen molar-refractivity contribution in [2.24, 2.45) is 4.99 Å². The Morgan fingerprint density at radius 1 is 1.47 bits per heavy atom. The number of benzene rings is 1. The van der Waals surface area contributed by atoms with E-state index in [-0.39, 0.29) is 0 Å². The number of anilines is 1. The van der Waals surface area contributed by atoms with E-state index in [1.54, 1.807) is 6.07 Å². The Morgan fingerprint density at radius 2 is 2.29 bits per heavy atom. The first-order valence-corrected chi connectivity index (χ1v) is 5.93. The lowest BCUT2D eigenvalue weighted by molar-refractivity contribution is 0.947. The summed E-state index contributed by atoms with van der Waals surface area (Å²) in [5, 5.41) is 4.16. The second kappa shape index (κ2) is 5.31. The molecule has 0 radical (unpaired) electrons. The Morgan fingerprint density at radius 3 is 2.94 bits per heavy atom. The van der Waals surface area contributed by atoms with Gasteiger partial charge < -0.3 is 5.32 Å². The number of nitrogens with one attached hydrogen (secondary N) is 1. The highest BCUT2D eigenvalue weighted by molar-refractivity contribution is 6.44. The first-order valence-electron chi connectivity index (χ1n) is 5.17. The third-order valence-electron chi connectivity index (χ3n) is 2.38. The summed E-state index contributed by atoms with van der Waals surface area (Å²) in [6.07, 6.45) is 5.37. The minimum absolute atomic E-state index is 0.395. The van der Waals surface area contributed by atoms with Crippen LogP contribution in [0.25, 0.3) is 0 Å². The molecule has 0 bridgehead atoms. The van der Waals surface area contributed by atoms with E-state index in [2.05, 4.69) is 16.2 Å². The van der Waals surface area contributed by atoms with Crippen LogP contribution in [-0.2, 0) is 0 Å². The molecule has 88 valence electrons. The third kappa shape index (κ3) is 2.49. The Labute approximate surface area is 110 Å². The molecule has 0 aromatic heterocycles. The molecular formula is C12H11Cl2N3. The molecular weight excluding hydrogens is 257 g/mol. The molecule has 1 aliphatic heterocycles. The average Bonchev–Trinajstić information content (AvgIpc) is 2.84.